The summed E-state index contributed by atoms with van der Waals surface area (Å²) in [6, 6.07) is 0. The molecule has 0 aliphatic carbocycles. The number of hydrogen-bond donors (Lipinski definition) is 0. The summed E-state index contributed by atoms with van der Waals surface area (Å²) < 4.78 is 10.2. The Hall–Kier alpha value is -0.680. The Labute approximate surface area is 104 Å². The van der Waals surface area contributed by atoms with Gasteiger partial charge >= 0.3 is 0 Å². The smallest absolute Gasteiger partial charge is 0.211 e. The molecule has 0 amide bonds. The average molecular weight is 247 g/mol. The van der Waals surface area contributed by atoms with Crippen LogP contribution in [0.15, 0.2) is 0 Å². The third kappa shape index (κ3) is 8.10. The third-order valence-corrected chi connectivity index (χ3v) is 2.91. The summed E-state index contributed by atoms with van der Waals surface area (Å²) in [5.41, 5.74) is 0. The van der Waals surface area contributed by atoms with Gasteiger partial charge in [0.25, 0.3) is 0 Å². The van der Waals surface area contributed by atoms with Crippen molar-refractivity contribution in [3.63, 3.8) is 0 Å². The summed E-state index contributed by atoms with van der Waals surface area (Å²) in [5, 5.41) is 10.6. The Bertz CT molecular complexity index is 195. The predicted molar refractivity (Wildman–Crippen MR) is 66.5 cm³/mol. The number of unbranched alkanes of at least 4 members (excludes halogenated alkanes) is 4. The molecule has 1 unspecified atom stereocenters. The van der Waals surface area contributed by atoms with E-state index in [1.807, 2.05) is 0 Å². The fraction of sp³-hybridized carbons (Fsp3) is 1.00. The molecule has 0 aromatic heterocycles. The molecule has 0 aromatic carbocycles. The number of rotatable bonds is 11. The van der Waals surface area contributed by atoms with E-state index in [0.29, 0.717) is 0 Å². The second-order valence-electron chi connectivity index (χ2n) is 4.32. The van der Waals surface area contributed by atoms with E-state index in [9.17, 15) is 10.1 Å². The Morgan fingerprint density at radius 3 is 2.18 bits per heavy atom. The quantitative estimate of drug-likeness (QED) is 0.244. The van der Waals surface area contributed by atoms with Crippen molar-refractivity contribution in [2.75, 3.05) is 20.8 Å². The van der Waals surface area contributed by atoms with E-state index in [2.05, 4.69) is 6.92 Å². The summed E-state index contributed by atoms with van der Waals surface area (Å²) in [4.78, 5) is 10.3. The van der Waals surface area contributed by atoms with E-state index < -0.39 is 6.29 Å². The van der Waals surface area contributed by atoms with Gasteiger partial charge < -0.3 is 9.47 Å². The van der Waals surface area contributed by atoms with Crippen molar-refractivity contribution in [3.8, 4) is 0 Å². The van der Waals surface area contributed by atoms with E-state index in [1.165, 1.54) is 33.5 Å². The number of nitrogens with zero attached hydrogens (tertiary/aromatic N) is 1. The van der Waals surface area contributed by atoms with Crippen LogP contribution < -0.4 is 0 Å². The summed E-state index contributed by atoms with van der Waals surface area (Å²) in [6.45, 7) is 2.08. The normalized spacial score (nSPS) is 12.9. The molecule has 0 rings (SSSR count). The average Bonchev–Trinajstić information content (AvgIpc) is 2.29. The van der Waals surface area contributed by atoms with Gasteiger partial charge in [0.2, 0.25) is 6.54 Å². The van der Waals surface area contributed by atoms with Crippen LogP contribution in [-0.4, -0.2) is 32.0 Å². The molecule has 0 saturated heterocycles. The van der Waals surface area contributed by atoms with Crippen LogP contribution in [0.25, 0.3) is 0 Å². The van der Waals surface area contributed by atoms with Gasteiger partial charge in [0.15, 0.2) is 6.29 Å². The van der Waals surface area contributed by atoms with Crippen LogP contribution in [0, 0.1) is 16.0 Å². The van der Waals surface area contributed by atoms with Crippen molar-refractivity contribution in [3.05, 3.63) is 10.1 Å². The van der Waals surface area contributed by atoms with Crippen molar-refractivity contribution in [1.29, 1.82) is 0 Å². The molecule has 0 saturated carbocycles. The van der Waals surface area contributed by atoms with E-state index in [1.54, 1.807) is 0 Å². The molecule has 0 heterocycles. The Morgan fingerprint density at radius 1 is 1.12 bits per heavy atom. The fourth-order valence-corrected chi connectivity index (χ4v) is 2.00. The molecule has 1 atom stereocenters. The molecule has 0 aliphatic rings. The standard InChI is InChI=1S/C12H25NO4/c1-4-5-6-7-8-9-11(10-13(14)15)12(16-2)17-3/h11-12H,4-10H2,1-3H3. The molecule has 102 valence electrons. The van der Waals surface area contributed by atoms with E-state index in [-0.39, 0.29) is 17.4 Å². The maximum absolute atomic E-state index is 10.6. The highest BCUT2D eigenvalue weighted by Crippen LogP contribution is 2.18. The summed E-state index contributed by atoms with van der Waals surface area (Å²) in [5.74, 6) is -0.151. The molecular weight excluding hydrogens is 222 g/mol. The van der Waals surface area contributed by atoms with E-state index in [4.69, 9.17) is 9.47 Å². The van der Waals surface area contributed by atoms with Gasteiger partial charge in [-0.2, -0.15) is 0 Å². The molecule has 0 aliphatic heterocycles. The molecule has 0 bridgehead atoms. The highest BCUT2D eigenvalue weighted by atomic mass is 16.7. The topological polar surface area (TPSA) is 61.6 Å². The highest BCUT2D eigenvalue weighted by Gasteiger charge is 2.25. The minimum absolute atomic E-state index is 0.0832. The van der Waals surface area contributed by atoms with Crippen molar-refractivity contribution >= 4 is 0 Å². The van der Waals surface area contributed by atoms with Gasteiger partial charge in [-0.05, 0) is 6.42 Å². The van der Waals surface area contributed by atoms with Crippen LogP contribution in [-0.2, 0) is 9.47 Å². The Morgan fingerprint density at radius 2 is 1.71 bits per heavy atom. The zero-order valence-electron chi connectivity index (χ0n) is 11.2. The first-order valence-corrected chi connectivity index (χ1v) is 6.33. The summed E-state index contributed by atoms with van der Waals surface area (Å²) >= 11 is 0. The number of hydrogen-bond acceptors (Lipinski definition) is 4. The van der Waals surface area contributed by atoms with E-state index in [0.717, 1.165) is 19.3 Å². The molecule has 17 heavy (non-hydrogen) atoms. The summed E-state index contributed by atoms with van der Waals surface area (Å²) in [7, 11) is 3.05. The lowest BCUT2D eigenvalue weighted by Gasteiger charge is -2.21. The lowest BCUT2D eigenvalue weighted by atomic mass is 10.00. The van der Waals surface area contributed by atoms with Crippen LogP contribution in [0.5, 0.6) is 0 Å². The molecule has 0 fully saturated rings. The van der Waals surface area contributed by atoms with Crippen LogP contribution in [0.3, 0.4) is 0 Å². The van der Waals surface area contributed by atoms with Gasteiger partial charge in [-0.15, -0.1) is 0 Å². The van der Waals surface area contributed by atoms with Gasteiger partial charge in [0.1, 0.15) is 0 Å². The van der Waals surface area contributed by atoms with E-state index >= 15 is 0 Å². The van der Waals surface area contributed by atoms with Crippen LogP contribution in [0.1, 0.15) is 45.4 Å². The van der Waals surface area contributed by atoms with Crippen LogP contribution in [0.2, 0.25) is 0 Å². The first kappa shape index (κ1) is 16.3. The van der Waals surface area contributed by atoms with Crippen molar-refractivity contribution in [2.24, 2.45) is 5.92 Å². The minimum Gasteiger partial charge on any atom is -0.355 e. The van der Waals surface area contributed by atoms with Crippen LogP contribution >= 0.6 is 0 Å². The molecule has 0 aromatic rings. The number of ether oxygens (including phenoxy) is 2. The monoisotopic (exact) mass is 247 g/mol. The lowest BCUT2D eigenvalue weighted by molar-refractivity contribution is -0.494. The van der Waals surface area contributed by atoms with Gasteiger partial charge in [-0.3, -0.25) is 10.1 Å². The third-order valence-electron chi connectivity index (χ3n) is 2.91. The highest BCUT2D eigenvalue weighted by molar-refractivity contribution is 4.62. The summed E-state index contributed by atoms with van der Waals surface area (Å²) in [6.07, 6.45) is 6.09. The predicted octanol–water partition coefficient (Wildman–Crippen LogP) is 2.86. The molecule has 5 nitrogen and oxygen atoms in total. The van der Waals surface area contributed by atoms with Gasteiger partial charge in [0.05, 0.1) is 5.92 Å². The number of nitro groups is 1. The van der Waals surface area contributed by atoms with Crippen LogP contribution in [0.4, 0.5) is 0 Å². The first-order chi connectivity index (χ1) is 8.15. The van der Waals surface area contributed by atoms with Gasteiger partial charge in [-0.25, -0.2) is 0 Å². The molecule has 0 spiro atoms. The maximum atomic E-state index is 10.6. The minimum atomic E-state index is -0.466. The molecule has 0 radical (unpaired) electrons. The first-order valence-electron chi connectivity index (χ1n) is 6.33. The molecule has 0 N–H and O–H groups in total. The van der Waals surface area contributed by atoms with Gasteiger partial charge in [0, 0.05) is 19.1 Å². The Balaban J connectivity index is 3.96. The maximum Gasteiger partial charge on any atom is 0.211 e. The lowest BCUT2D eigenvalue weighted by Crippen LogP contribution is -2.30. The zero-order chi connectivity index (χ0) is 13.1. The SMILES string of the molecule is CCCCCCCC(C[N+](=O)[O-])C(OC)OC. The Kier molecular flexibility index (Phi) is 10.1. The van der Waals surface area contributed by atoms with Crippen molar-refractivity contribution in [1.82, 2.24) is 0 Å². The number of methoxy groups -OCH3 is 2. The molecular formula is C12H25NO4. The second-order valence-corrected chi connectivity index (χ2v) is 4.32. The zero-order valence-corrected chi connectivity index (χ0v) is 11.2. The second kappa shape index (κ2) is 10.5. The van der Waals surface area contributed by atoms with Crippen molar-refractivity contribution in [2.45, 2.75) is 51.7 Å². The molecule has 5 heteroatoms. The van der Waals surface area contributed by atoms with Crippen molar-refractivity contribution < 1.29 is 14.4 Å². The fourth-order valence-electron chi connectivity index (χ4n) is 2.00. The van der Waals surface area contributed by atoms with Gasteiger partial charge in [-0.1, -0.05) is 39.0 Å². The largest absolute Gasteiger partial charge is 0.355 e.